The van der Waals surface area contributed by atoms with Gasteiger partial charge in [0.1, 0.15) is 0 Å². The predicted octanol–water partition coefficient (Wildman–Crippen LogP) is 4.83. The predicted molar refractivity (Wildman–Crippen MR) is 103 cm³/mol. The number of carbonyl (C=O) groups is 1. The molecule has 0 aliphatic carbocycles. The van der Waals surface area contributed by atoms with Crippen LogP contribution in [0.4, 0.5) is 13.2 Å². The van der Waals surface area contributed by atoms with Crippen molar-refractivity contribution in [1.29, 1.82) is 0 Å². The molecule has 2 aromatic carbocycles. The molecule has 156 valence electrons. The number of nitrogens with zero attached hydrogens (tertiary/aromatic N) is 3. The van der Waals surface area contributed by atoms with E-state index in [4.69, 9.17) is 4.52 Å². The molecule has 1 atom stereocenters. The van der Waals surface area contributed by atoms with Crippen LogP contribution in [0, 0.1) is 0 Å². The Bertz CT molecular complexity index is 1040. The third-order valence-corrected chi connectivity index (χ3v) is 5.25. The monoisotopic (exact) mass is 415 g/mol. The van der Waals surface area contributed by atoms with Gasteiger partial charge in [-0.15, -0.1) is 0 Å². The second-order valence-corrected chi connectivity index (χ2v) is 7.38. The highest BCUT2D eigenvalue weighted by molar-refractivity contribution is 5.79. The summed E-state index contributed by atoms with van der Waals surface area (Å²) < 4.78 is 44.1. The van der Waals surface area contributed by atoms with Crippen LogP contribution in [0.2, 0.25) is 0 Å². The third-order valence-electron chi connectivity index (χ3n) is 5.25. The topological polar surface area (TPSA) is 59.2 Å². The summed E-state index contributed by atoms with van der Waals surface area (Å²) in [6.07, 6.45) is -3.29. The lowest BCUT2D eigenvalue weighted by molar-refractivity contribution is -0.137. The fraction of sp³-hybridized carbons (Fsp3) is 0.318. The first-order valence-corrected chi connectivity index (χ1v) is 9.70. The summed E-state index contributed by atoms with van der Waals surface area (Å²) in [6.45, 7) is 2.51. The Morgan fingerprint density at radius 2 is 1.90 bits per heavy atom. The van der Waals surface area contributed by atoms with Gasteiger partial charge in [-0.05, 0) is 29.7 Å². The fourth-order valence-corrected chi connectivity index (χ4v) is 3.56. The normalized spacial score (nSPS) is 17.0. The average Bonchev–Trinajstić information content (AvgIpc) is 3.35. The Morgan fingerprint density at radius 3 is 2.60 bits per heavy atom. The lowest BCUT2D eigenvalue weighted by Gasteiger charge is -2.17. The van der Waals surface area contributed by atoms with Crippen LogP contribution >= 0.6 is 0 Å². The lowest BCUT2D eigenvalue weighted by Crippen LogP contribution is -2.24. The first kappa shape index (κ1) is 20.1. The minimum absolute atomic E-state index is 0.110. The summed E-state index contributed by atoms with van der Waals surface area (Å²) in [7, 11) is 0. The highest BCUT2D eigenvalue weighted by atomic mass is 19.4. The van der Waals surface area contributed by atoms with Crippen molar-refractivity contribution >= 4 is 5.91 Å². The first-order chi connectivity index (χ1) is 14.3. The summed E-state index contributed by atoms with van der Waals surface area (Å²) >= 11 is 0. The van der Waals surface area contributed by atoms with Crippen molar-refractivity contribution in [3.63, 3.8) is 0 Å². The van der Waals surface area contributed by atoms with Gasteiger partial charge in [-0.3, -0.25) is 4.79 Å². The molecular weight excluding hydrogens is 395 g/mol. The Kier molecular flexibility index (Phi) is 5.32. The highest BCUT2D eigenvalue weighted by Gasteiger charge is 2.35. The standard InChI is InChI=1S/C22H20F3N3O2/c1-2-14-6-8-16(9-7-14)20-26-21(30-27-20)17-11-19(29)28(13-17)12-15-4-3-5-18(10-15)22(23,24)25/h3-10,17H,2,11-13H2,1H3. The number of aryl methyl sites for hydroxylation is 1. The summed E-state index contributed by atoms with van der Waals surface area (Å²) in [5.74, 6) is 0.393. The number of aromatic nitrogens is 2. The molecule has 1 aliphatic heterocycles. The van der Waals surface area contributed by atoms with Gasteiger partial charge in [0.25, 0.3) is 0 Å². The van der Waals surface area contributed by atoms with Crippen molar-refractivity contribution in [3.05, 3.63) is 71.1 Å². The van der Waals surface area contributed by atoms with Crippen molar-refractivity contribution < 1.29 is 22.5 Å². The van der Waals surface area contributed by atoms with Crippen molar-refractivity contribution in [3.8, 4) is 11.4 Å². The van der Waals surface area contributed by atoms with E-state index in [-0.39, 0.29) is 24.8 Å². The van der Waals surface area contributed by atoms with Crippen LogP contribution in [0.3, 0.4) is 0 Å². The molecule has 1 aromatic heterocycles. The van der Waals surface area contributed by atoms with Crippen LogP contribution < -0.4 is 0 Å². The smallest absolute Gasteiger partial charge is 0.339 e. The molecule has 4 rings (SSSR count). The molecule has 30 heavy (non-hydrogen) atoms. The van der Waals surface area contributed by atoms with Crippen molar-refractivity contribution in [2.45, 2.75) is 38.4 Å². The molecule has 1 saturated heterocycles. The zero-order valence-corrected chi connectivity index (χ0v) is 16.3. The zero-order chi connectivity index (χ0) is 21.3. The van der Waals surface area contributed by atoms with Crippen molar-refractivity contribution in [1.82, 2.24) is 15.0 Å². The maximum Gasteiger partial charge on any atom is 0.416 e. The van der Waals surface area contributed by atoms with E-state index < -0.39 is 11.7 Å². The van der Waals surface area contributed by atoms with E-state index in [9.17, 15) is 18.0 Å². The van der Waals surface area contributed by atoms with E-state index in [2.05, 4.69) is 17.1 Å². The molecule has 0 spiro atoms. The van der Waals surface area contributed by atoms with Crippen LogP contribution in [0.5, 0.6) is 0 Å². The summed E-state index contributed by atoms with van der Waals surface area (Å²) in [5, 5.41) is 4.02. The molecule has 2 heterocycles. The van der Waals surface area contributed by atoms with E-state index in [1.54, 1.807) is 6.07 Å². The number of carbonyl (C=O) groups excluding carboxylic acids is 1. The maximum absolute atomic E-state index is 12.9. The lowest BCUT2D eigenvalue weighted by atomic mass is 10.1. The third kappa shape index (κ3) is 4.22. The van der Waals surface area contributed by atoms with Gasteiger partial charge < -0.3 is 9.42 Å². The largest absolute Gasteiger partial charge is 0.416 e. The second-order valence-electron chi connectivity index (χ2n) is 7.38. The van der Waals surface area contributed by atoms with Crippen LogP contribution in [0.15, 0.2) is 53.1 Å². The van der Waals surface area contributed by atoms with E-state index in [1.807, 2.05) is 24.3 Å². The van der Waals surface area contributed by atoms with E-state index >= 15 is 0 Å². The number of hydrogen-bond donors (Lipinski definition) is 0. The van der Waals surface area contributed by atoms with Gasteiger partial charge in [-0.25, -0.2) is 0 Å². The molecule has 1 fully saturated rings. The molecule has 1 aliphatic rings. The highest BCUT2D eigenvalue weighted by Crippen LogP contribution is 2.32. The fourth-order valence-electron chi connectivity index (χ4n) is 3.56. The molecule has 0 N–H and O–H groups in total. The van der Waals surface area contributed by atoms with E-state index in [0.29, 0.717) is 23.8 Å². The average molecular weight is 415 g/mol. The number of rotatable bonds is 5. The van der Waals surface area contributed by atoms with Crippen LogP contribution in [0.1, 0.15) is 41.8 Å². The molecule has 0 saturated carbocycles. The Hall–Kier alpha value is -3.16. The van der Waals surface area contributed by atoms with Gasteiger partial charge in [0.2, 0.25) is 17.6 Å². The minimum Gasteiger partial charge on any atom is -0.339 e. The Labute approximate surface area is 171 Å². The SMILES string of the molecule is CCc1ccc(-c2noc(C3CC(=O)N(Cc4cccc(C(F)(F)F)c4)C3)n2)cc1. The van der Waals surface area contributed by atoms with Crippen molar-refractivity contribution in [2.24, 2.45) is 0 Å². The van der Waals surface area contributed by atoms with Gasteiger partial charge in [-0.1, -0.05) is 48.5 Å². The number of amides is 1. The Morgan fingerprint density at radius 1 is 1.13 bits per heavy atom. The van der Waals surface area contributed by atoms with Gasteiger partial charge in [0.15, 0.2) is 0 Å². The van der Waals surface area contributed by atoms with Crippen molar-refractivity contribution in [2.75, 3.05) is 6.54 Å². The molecule has 8 heteroatoms. The van der Waals surface area contributed by atoms with Gasteiger partial charge in [0.05, 0.1) is 11.5 Å². The minimum atomic E-state index is -4.41. The number of alkyl halides is 3. The second kappa shape index (κ2) is 7.93. The van der Waals surface area contributed by atoms with Gasteiger partial charge >= 0.3 is 6.18 Å². The summed E-state index contributed by atoms with van der Waals surface area (Å²) in [5.41, 5.74) is 1.74. The maximum atomic E-state index is 12.9. The number of hydrogen-bond acceptors (Lipinski definition) is 4. The summed E-state index contributed by atoms with van der Waals surface area (Å²) in [6, 6.07) is 12.9. The number of likely N-dealkylation sites (tertiary alicyclic amines) is 1. The Balaban J connectivity index is 1.46. The first-order valence-electron chi connectivity index (χ1n) is 9.70. The van der Waals surface area contributed by atoms with Crippen LogP contribution in [-0.4, -0.2) is 27.5 Å². The quantitative estimate of drug-likeness (QED) is 0.599. The molecule has 3 aromatic rings. The van der Waals surface area contributed by atoms with Gasteiger partial charge in [-0.2, -0.15) is 18.2 Å². The van der Waals surface area contributed by atoms with E-state index in [1.165, 1.54) is 16.5 Å². The molecule has 1 unspecified atom stereocenters. The van der Waals surface area contributed by atoms with Crippen LogP contribution in [0.25, 0.3) is 11.4 Å². The van der Waals surface area contributed by atoms with Gasteiger partial charge in [0, 0.05) is 25.1 Å². The zero-order valence-electron chi connectivity index (χ0n) is 16.3. The molecule has 1 amide bonds. The number of benzene rings is 2. The molecular formula is C22H20F3N3O2. The molecule has 5 nitrogen and oxygen atoms in total. The number of halogens is 3. The van der Waals surface area contributed by atoms with Crippen LogP contribution in [-0.2, 0) is 23.9 Å². The molecule has 0 bridgehead atoms. The summed E-state index contributed by atoms with van der Waals surface area (Å²) in [4.78, 5) is 18.4. The molecule has 0 radical (unpaired) electrons. The van der Waals surface area contributed by atoms with E-state index in [0.717, 1.165) is 24.1 Å².